The minimum atomic E-state index is 0.226. The van der Waals surface area contributed by atoms with Crippen molar-refractivity contribution in [2.45, 2.75) is 26.3 Å². The summed E-state index contributed by atoms with van der Waals surface area (Å²) in [6, 6.07) is 4.32. The number of nitrogens with zero attached hydrogens (tertiary/aromatic N) is 1. The van der Waals surface area contributed by atoms with Crippen LogP contribution in [0.5, 0.6) is 0 Å². The number of hydrogen-bond donors (Lipinski definition) is 1. The molecule has 0 aromatic carbocycles. The van der Waals surface area contributed by atoms with E-state index in [0.29, 0.717) is 6.54 Å². The zero-order valence-corrected chi connectivity index (χ0v) is 10.5. The van der Waals surface area contributed by atoms with Crippen LogP contribution in [-0.2, 0) is 17.8 Å². The third-order valence-corrected chi connectivity index (χ3v) is 4.04. The summed E-state index contributed by atoms with van der Waals surface area (Å²) in [6.45, 7) is 5.27. The van der Waals surface area contributed by atoms with E-state index in [1.807, 2.05) is 16.2 Å². The molecule has 2 rings (SSSR count). The molecule has 1 aliphatic rings. The summed E-state index contributed by atoms with van der Waals surface area (Å²) in [5, 5.41) is 3.14. The van der Waals surface area contributed by atoms with Crippen molar-refractivity contribution in [3.63, 3.8) is 0 Å². The van der Waals surface area contributed by atoms with E-state index in [0.717, 1.165) is 32.5 Å². The van der Waals surface area contributed by atoms with Gasteiger partial charge in [0.15, 0.2) is 0 Å². The Hall–Kier alpha value is -0.870. The Morgan fingerprint density at radius 2 is 2.25 bits per heavy atom. The van der Waals surface area contributed by atoms with Crippen molar-refractivity contribution in [1.29, 1.82) is 0 Å². The topological polar surface area (TPSA) is 32.3 Å². The van der Waals surface area contributed by atoms with Crippen LogP contribution in [0.3, 0.4) is 0 Å². The third-order valence-electron chi connectivity index (χ3n) is 2.82. The van der Waals surface area contributed by atoms with Gasteiger partial charge >= 0.3 is 0 Å². The summed E-state index contributed by atoms with van der Waals surface area (Å²) in [6.07, 6.45) is 2.14. The van der Waals surface area contributed by atoms with Crippen LogP contribution in [0.1, 0.15) is 23.1 Å². The van der Waals surface area contributed by atoms with Crippen LogP contribution in [0.25, 0.3) is 0 Å². The van der Waals surface area contributed by atoms with E-state index in [1.165, 1.54) is 9.75 Å². The highest BCUT2D eigenvalue weighted by molar-refractivity contribution is 7.11. The fourth-order valence-electron chi connectivity index (χ4n) is 1.88. The van der Waals surface area contributed by atoms with Crippen molar-refractivity contribution in [3.8, 4) is 0 Å². The lowest BCUT2D eigenvalue weighted by Crippen LogP contribution is -2.34. The Morgan fingerprint density at radius 3 is 3.00 bits per heavy atom. The standard InChI is InChI=1S/C12H18N2OS/c1-2-10-4-5-11(16-10)9-14-7-3-6-13-8-12(14)15/h4-5,13H,2-3,6-9H2,1H3. The Morgan fingerprint density at radius 1 is 1.44 bits per heavy atom. The first-order chi connectivity index (χ1) is 7.79. The predicted molar refractivity (Wildman–Crippen MR) is 66.6 cm³/mol. The highest BCUT2D eigenvalue weighted by Gasteiger charge is 2.16. The van der Waals surface area contributed by atoms with Gasteiger partial charge in [0.1, 0.15) is 0 Å². The lowest BCUT2D eigenvalue weighted by atomic mass is 10.3. The Bertz CT molecular complexity index is 362. The van der Waals surface area contributed by atoms with Crippen LogP contribution in [0.2, 0.25) is 0 Å². The van der Waals surface area contributed by atoms with Crippen LogP contribution in [-0.4, -0.2) is 30.4 Å². The summed E-state index contributed by atoms with van der Waals surface area (Å²) < 4.78 is 0. The summed E-state index contributed by atoms with van der Waals surface area (Å²) in [5.41, 5.74) is 0. The molecule has 4 heteroatoms. The van der Waals surface area contributed by atoms with Gasteiger partial charge in [-0.2, -0.15) is 0 Å². The lowest BCUT2D eigenvalue weighted by Gasteiger charge is -2.18. The molecule has 88 valence electrons. The highest BCUT2D eigenvalue weighted by Crippen LogP contribution is 2.19. The van der Waals surface area contributed by atoms with Gasteiger partial charge in [-0.25, -0.2) is 0 Å². The zero-order valence-electron chi connectivity index (χ0n) is 9.66. The normalized spacial score (nSPS) is 17.6. The van der Waals surface area contributed by atoms with Crippen molar-refractivity contribution in [2.24, 2.45) is 0 Å². The number of amides is 1. The second-order valence-electron chi connectivity index (χ2n) is 4.07. The van der Waals surface area contributed by atoms with Gasteiger partial charge in [-0.3, -0.25) is 4.79 Å². The van der Waals surface area contributed by atoms with Crippen LogP contribution in [0.15, 0.2) is 12.1 Å². The van der Waals surface area contributed by atoms with E-state index in [1.54, 1.807) is 0 Å². The molecule has 1 aromatic rings. The maximum Gasteiger partial charge on any atom is 0.236 e. The van der Waals surface area contributed by atoms with Gasteiger partial charge in [-0.05, 0) is 31.5 Å². The van der Waals surface area contributed by atoms with Crippen LogP contribution in [0.4, 0.5) is 0 Å². The molecule has 16 heavy (non-hydrogen) atoms. The Kier molecular flexibility index (Phi) is 3.96. The largest absolute Gasteiger partial charge is 0.336 e. The Balaban J connectivity index is 1.99. The van der Waals surface area contributed by atoms with Crippen molar-refractivity contribution >= 4 is 17.2 Å². The first-order valence-electron chi connectivity index (χ1n) is 5.85. The molecule has 0 spiro atoms. The molecule has 1 aromatic heterocycles. The van der Waals surface area contributed by atoms with Crippen molar-refractivity contribution < 1.29 is 4.79 Å². The Labute approximate surface area is 100 Å². The van der Waals surface area contributed by atoms with E-state index in [9.17, 15) is 4.79 Å². The molecule has 1 amide bonds. The molecule has 0 aliphatic carbocycles. The highest BCUT2D eigenvalue weighted by atomic mass is 32.1. The third kappa shape index (κ3) is 2.83. The molecular weight excluding hydrogens is 220 g/mol. The van der Waals surface area contributed by atoms with E-state index in [2.05, 4.69) is 24.4 Å². The molecule has 0 unspecified atom stereocenters. The fourth-order valence-corrected chi connectivity index (χ4v) is 2.85. The van der Waals surface area contributed by atoms with Crippen molar-refractivity contribution in [1.82, 2.24) is 10.2 Å². The molecule has 3 nitrogen and oxygen atoms in total. The van der Waals surface area contributed by atoms with E-state index in [-0.39, 0.29) is 5.91 Å². The van der Waals surface area contributed by atoms with Crippen LogP contribution in [0, 0.1) is 0 Å². The van der Waals surface area contributed by atoms with Gasteiger partial charge in [-0.15, -0.1) is 11.3 Å². The van der Waals surface area contributed by atoms with Crippen molar-refractivity contribution in [2.75, 3.05) is 19.6 Å². The van der Waals surface area contributed by atoms with Gasteiger partial charge in [-0.1, -0.05) is 6.92 Å². The maximum absolute atomic E-state index is 11.8. The maximum atomic E-state index is 11.8. The fraction of sp³-hybridized carbons (Fsp3) is 0.583. The summed E-state index contributed by atoms with van der Waals surface area (Å²) >= 11 is 1.82. The predicted octanol–water partition coefficient (Wildman–Crippen LogP) is 1.63. The molecule has 1 N–H and O–H groups in total. The number of aryl methyl sites for hydroxylation is 1. The molecule has 1 saturated heterocycles. The molecule has 2 heterocycles. The average molecular weight is 238 g/mol. The van der Waals surface area contributed by atoms with Gasteiger partial charge in [0.05, 0.1) is 13.1 Å². The van der Waals surface area contributed by atoms with E-state index >= 15 is 0 Å². The molecule has 0 saturated carbocycles. The summed E-state index contributed by atoms with van der Waals surface area (Å²) in [4.78, 5) is 16.4. The molecule has 1 aliphatic heterocycles. The average Bonchev–Trinajstić information content (AvgIpc) is 2.65. The van der Waals surface area contributed by atoms with Crippen molar-refractivity contribution in [3.05, 3.63) is 21.9 Å². The first kappa shape index (κ1) is 11.6. The monoisotopic (exact) mass is 238 g/mol. The van der Waals surface area contributed by atoms with E-state index in [4.69, 9.17) is 0 Å². The minimum Gasteiger partial charge on any atom is -0.336 e. The summed E-state index contributed by atoms with van der Waals surface area (Å²) in [5.74, 6) is 0.226. The van der Waals surface area contributed by atoms with E-state index < -0.39 is 0 Å². The second kappa shape index (κ2) is 5.46. The lowest BCUT2D eigenvalue weighted by molar-refractivity contribution is -0.130. The molecule has 1 fully saturated rings. The molecule has 0 bridgehead atoms. The number of carbonyl (C=O) groups is 1. The van der Waals surface area contributed by atoms with Gasteiger partial charge in [0.2, 0.25) is 5.91 Å². The number of nitrogens with one attached hydrogen (secondary N) is 1. The second-order valence-corrected chi connectivity index (χ2v) is 5.32. The SMILES string of the molecule is CCc1ccc(CN2CCCNCC2=O)s1. The number of carbonyl (C=O) groups excluding carboxylic acids is 1. The smallest absolute Gasteiger partial charge is 0.236 e. The number of thiophene rings is 1. The quantitative estimate of drug-likeness (QED) is 0.868. The van der Waals surface area contributed by atoms with Gasteiger partial charge in [0, 0.05) is 16.3 Å². The van der Waals surface area contributed by atoms with Crippen LogP contribution >= 0.6 is 11.3 Å². The minimum absolute atomic E-state index is 0.226. The number of rotatable bonds is 3. The first-order valence-corrected chi connectivity index (χ1v) is 6.67. The number of hydrogen-bond acceptors (Lipinski definition) is 3. The molecular formula is C12H18N2OS. The zero-order chi connectivity index (χ0) is 11.4. The molecule has 0 radical (unpaired) electrons. The molecule has 0 atom stereocenters. The van der Waals surface area contributed by atoms with Crippen LogP contribution < -0.4 is 5.32 Å². The van der Waals surface area contributed by atoms with Gasteiger partial charge in [0.25, 0.3) is 0 Å². The van der Waals surface area contributed by atoms with Gasteiger partial charge < -0.3 is 10.2 Å². The summed E-state index contributed by atoms with van der Waals surface area (Å²) in [7, 11) is 0.